The Morgan fingerprint density at radius 3 is 2.72 bits per heavy atom. The summed E-state index contributed by atoms with van der Waals surface area (Å²) < 4.78 is 1.34. The summed E-state index contributed by atoms with van der Waals surface area (Å²) in [7, 11) is 1.58. The van der Waals surface area contributed by atoms with Gasteiger partial charge in [0.1, 0.15) is 5.69 Å². The predicted octanol–water partition coefficient (Wildman–Crippen LogP) is 0.477. The van der Waals surface area contributed by atoms with Crippen LogP contribution in [0.1, 0.15) is 16.1 Å². The molecule has 6 heteroatoms. The lowest BCUT2D eigenvalue weighted by molar-refractivity contribution is 0.0946. The molecule has 1 aromatic carbocycles. The monoisotopic (exact) mass is 244 g/mol. The third kappa shape index (κ3) is 2.73. The van der Waals surface area contributed by atoms with E-state index in [4.69, 9.17) is 0 Å². The minimum atomic E-state index is -0.442. The van der Waals surface area contributed by atoms with Gasteiger partial charge in [-0.3, -0.25) is 19.4 Å². The van der Waals surface area contributed by atoms with Gasteiger partial charge in [0.25, 0.3) is 11.5 Å². The summed E-state index contributed by atoms with van der Waals surface area (Å²) in [6.07, 6.45) is 1.53. The van der Waals surface area contributed by atoms with Crippen molar-refractivity contribution in [1.29, 1.82) is 0 Å². The summed E-state index contributed by atoms with van der Waals surface area (Å²) in [5.41, 5.74) is 3.13. The van der Waals surface area contributed by atoms with Crippen LogP contribution in [0.2, 0.25) is 0 Å². The van der Waals surface area contributed by atoms with Crippen molar-refractivity contribution < 1.29 is 4.79 Å². The minimum Gasteiger partial charge on any atom is -0.283 e. The molecule has 1 amide bonds. The first kappa shape index (κ1) is 11.8. The van der Waals surface area contributed by atoms with Crippen molar-refractivity contribution in [3.05, 3.63) is 58.0 Å². The fraction of sp³-hybridized carbons (Fsp3) is 0.0833. The van der Waals surface area contributed by atoms with Gasteiger partial charge in [-0.15, -0.1) is 0 Å². The highest BCUT2D eigenvalue weighted by Crippen LogP contribution is 1.94. The molecular formula is C12H12N4O2. The third-order valence-corrected chi connectivity index (χ3v) is 2.32. The zero-order valence-electron chi connectivity index (χ0n) is 9.75. The van der Waals surface area contributed by atoms with Gasteiger partial charge in [0.15, 0.2) is 0 Å². The Labute approximate surface area is 103 Å². The lowest BCUT2D eigenvalue weighted by Crippen LogP contribution is -2.20. The van der Waals surface area contributed by atoms with E-state index in [0.29, 0.717) is 0 Å². The first-order chi connectivity index (χ1) is 8.66. The van der Waals surface area contributed by atoms with Crippen LogP contribution in [-0.2, 0) is 7.05 Å². The van der Waals surface area contributed by atoms with Crippen LogP contribution in [0.15, 0.2) is 46.3 Å². The van der Waals surface area contributed by atoms with E-state index in [2.05, 4.69) is 15.6 Å². The molecule has 0 spiro atoms. The largest absolute Gasteiger partial charge is 0.289 e. The van der Waals surface area contributed by atoms with Gasteiger partial charge in [-0.05, 0) is 5.56 Å². The predicted molar refractivity (Wildman–Crippen MR) is 67.5 cm³/mol. The summed E-state index contributed by atoms with van der Waals surface area (Å²) in [4.78, 5) is 22.7. The molecule has 0 aliphatic rings. The van der Waals surface area contributed by atoms with Crippen molar-refractivity contribution in [3.63, 3.8) is 0 Å². The number of H-pyrrole nitrogens is 1. The van der Waals surface area contributed by atoms with E-state index in [-0.39, 0.29) is 11.3 Å². The lowest BCUT2D eigenvalue weighted by Gasteiger charge is -1.99. The van der Waals surface area contributed by atoms with Gasteiger partial charge in [-0.25, -0.2) is 5.43 Å². The number of aryl methyl sites for hydroxylation is 1. The van der Waals surface area contributed by atoms with Crippen molar-refractivity contribution in [2.24, 2.45) is 12.1 Å². The number of carbonyl (C=O) groups excluding carboxylic acids is 1. The summed E-state index contributed by atoms with van der Waals surface area (Å²) in [6, 6.07) is 10.6. The molecule has 6 nitrogen and oxygen atoms in total. The van der Waals surface area contributed by atoms with Crippen molar-refractivity contribution in [3.8, 4) is 0 Å². The molecule has 2 aromatic rings. The van der Waals surface area contributed by atoms with E-state index in [0.717, 1.165) is 5.56 Å². The van der Waals surface area contributed by atoms with E-state index in [1.807, 2.05) is 30.3 Å². The average molecular weight is 244 g/mol. The van der Waals surface area contributed by atoms with Gasteiger partial charge in [0, 0.05) is 13.1 Å². The first-order valence-corrected chi connectivity index (χ1v) is 5.31. The summed E-state index contributed by atoms with van der Waals surface area (Å²) >= 11 is 0. The highest BCUT2D eigenvalue weighted by atomic mass is 16.2. The first-order valence-electron chi connectivity index (χ1n) is 5.31. The number of hydrogen-bond donors (Lipinski definition) is 2. The number of rotatable bonds is 3. The molecule has 1 aromatic heterocycles. The Morgan fingerprint density at radius 2 is 2.11 bits per heavy atom. The number of benzene rings is 1. The summed E-state index contributed by atoms with van der Waals surface area (Å²) in [5.74, 6) is -0.442. The second-order valence-corrected chi connectivity index (χ2v) is 3.67. The smallest absolute Gasteiger partial charge is 0.283 e. The quantitative estimate of drug-likeness (QED) is 0.608. The second-order valence-electron chi connectivity index (χ2n) is 3.67. The molecule has 0 bridgehead atoms. The van der Waals surface area contributed by atoms with Gasteiger partial charge in [-0.2, -0.15) is 5.10 Å². The zero-order valence-corrected chi connectivity index (χ0v) is 9.75. The number of amides is 1. The molecule has 0 aliphatic carbocycles. The van der Waals surface area contributed by atoms with Crippen LogP contribution in [0.25, 0.3) is 0 Å². The van der Waals surface area contributed by atoms with Gasteiger partial charge >= 0.3 is 0 Å². The maximum atomic E-state index is 11.7. The summed E-state index contributed by atoms with van der Waals surface area (Å²) in [6.45, 7) is 0. The Balaban J connectivity index is 2.03. The van der Waals surface area contributed by atoms with Crippen molar-refractivity contribution in [2.75, 3.05) is 0 Å². The highest BCUT2D eigenvalue weighted by molar-refractivity contribution is 5.93. The zero-order chi connectivity index (χ0) is 13.0. The van der Waals surface area contributed by atoms with Crippen molar-refractivity contribution in [2.45, 2.75) is 0 Å². The van der Waals surface area contributed by atoms with Crippen LogP contribution in [0, 0.1) is 0 Å². The van der Waals surface area contributed by atoms with Gasteiger partial charge in [-0.1, -0.05) is 30.3 Å². The van der Waals surface area contributed by atoms with E-state index < -0.39 is 5.91 Å². The van der Waals surface area contributed by atoms with Gasteiger partial charge in [0.05, 0.1) is 6.21 Å². The Kier molecular flexibility index (Phi) is 3.38. The van der Waals surface area contributed by atoms with Crippen LogP contribution in [-0.4, -0.2) is 21.9 Å². The maximum Gasteiger partial charge on any atom is 0.289 e. The van der Waals surface area contributed by atoms with E-state index in [9.17, 15) is 9.59 Å². The molecule has 92 valence electrons. The molecule has 0 aliphatic heterocycles. The molecular weight excluding hydrogens is 232 g/mol. The molecule has 0 radical (unpaired) electrons. The third-order valence-electron chi connectivity index (χ3n) is 2.32. The summed E-state index contributed by atoms with van der Waals surface area (Å²) in [5, 5.41) is 6.26. The number of nitrogens with one attached hydrogen (secondary N) is 2. The fourth-order valence-electron chi connectivity index (χ4n) is 1.46. The Morgan fingerprint density at radius 1 is 1.39 bits per heavy atom. The number of hydrogen-bond acceptors (Lipinski definition) is 3. The van der Waals surface area contributed by atoms with E-state index in [1.54, 1.807) is 7.05 Å². The van der Waals surface area contributed by atoms with Crippen LogP contribution < -0.4 is 11.0 Å². The van der Waals surface area contributed by atoms with E-state index >= 15 is 0 Å². The maximum absolute atomic E-state index is 11.7. The molecule has 0 saturated heterocycles. The number of aromatic amines is 1. The molecule has 1 heterocycles. The molecule has 18 heavy (non-hydrogen) atoms. The van der Waals surface area contributed by atoms with Crippen LogP contribution >= 0.6 is 0 Å². The topological polar surface area (TPSA) is 79.2 Å². The van der Waals surface area contributed by atoms with Crippen LogP contribution in [0.5, 0.6) is 0 Å². The average Bonchev–Trinajstić information content (AvgIpc) is 2.70. The van der Waals surface area contributed by atoms with Crippen molar-refractivity contribution in [1.82, 2.24) is 15.2 Å². The second kappa shape index (κ2) is 5.13. The molecule has 2 N–H and O–H groups in total. The fourth-order valence-corrected chi connectivity index (χ4v) is 1.46. The minimum absolute atomic E-state index is 0.227. The Hall–Kier alpha value is -2.63. The van der Waals surface area contributed by atoms with Gasteiger partial charge in [0.2, 0.25) is 0 Å². The van der Waals surface area contributed by atoms with Crippen molar-refractivity contribution >= 4 is 12.1 Å². The highest BCUT2D eigenvalue weighted by Gasteiger charge is 2.09. The number of carbonyl (C=O) groups is 1. The number of aromatic nitrogens is 2. The van der Waals surface area contributed by atoms with Crippen LogP contribution in [0.3, 0.4) is 0 Å². The van der Waals surface area contributed by atoms with Gasteiger partial charge < -0.3 is 0 Å². The molecule has 2 rings (SSSR count). The Bertz CT molecular complexity index is 625. The molecule has 0 fully saturated rings. The normalized spacial score (nSPS) is 10.7. The van der Waals surface area contributed by atoms with Crippen LogP contribution in [0.4, 0.5) is 0 Å². The number of nitrogens with zero attached hydrogens (tertiary/aromatic N) is 2. The molecule has 0 unspecified atom stereocenters. The molecule has 0 atom stereocenters. The SMILES string of the molecule is Cn1[nH]c(=O)cc1C(=O)N/N=C\c1ccccc1. The lowest BCUT2D eigenvalue weighted by atomic mass is 10.2. The standard InChI is InChI=1S/C12H12N4O2/c1-16-10(7-11(17)15-16)12(18)14-13-8-9-5-3-2-4-6-9/h2-8H,1H3,(H,14,18)(H,15,17)/b13-8-. The number of hydrazone groups is 1. The van der Waals surface area contributed by atoms with E-state index in [1.165, 1.54) is 17.0 Å². The molecule has 0 saturated carbocycles.